The maximum absolute atomic E-state index is 2.57. The molecule has 3 nitrogen and oxygen atoms in total. The maximum atomic E-state index is 2.57. The average molecular weight is 343 g/mol. The molecule has 4 aromatic rings. The predicted octanol–water partition coefficient (Wildman–Crippen LogP) is 4.59. The molecule has 0 aliphatic carbocycles. The molecular weight excluding hydrogens is 318 g/mol. The quantitative estimate of drug-likeness (QED) is 0.539. The number of aryl methyl sites for hydroxylation is 1. The summed E-state index contributed by atoms with van der Waals surface area (Å²) in [6.07, 6.45) is 0. The van der Waals surface area contributed by atoms with E-state index in [1.165, 1.54) is 43.7 Å². The monoisotopic (exact) mass is 343 g/mol. The molecule has 0 atom stereocenters. The summed E-state index contributed by atoms with van der Waals surface area (Å²) >= 11 is 0. The molecule has 26 heavy (non-hydrogen) atoms. The first-order valence-electron chi connectivity index (χ1n) is 9.42. The van der Waals surface area contributed by atoms with Crippen molar-refractivity contribution in [2.24, 2.45) is 0 Å². The van der Waals surface area contributed by atoms with Crippen molar-refractivity contribution in [3.63, 3.8) is 0 Å². The molecule has 0 amide bonds. The summed E-state index contributed by atoms with van der Waals surface area (Å²) in [5.41, 5.74) is 5.61. The van der Waals surface area contributed by atoms with Gasteiger partial charge in [0.05, 0.1) is 17.7 Å². The van der Waals surface area contributed by atoms with Gasteiger partial charge in [-0.1, -0.05) is 42.0 Å². The molecule has 2 heterocycles. The minimum Gasteiger partial charge on any atom is -0.326 e. The molecule has 1 aliphatic heterocycles. The lowest BCUT2D eigenvalue weighted by atomic mass is 10.0. The molecule has 0 radical (unpaired) electrons. The highest BCUT2D eigenvalue weighted by molar-refractivity contribution is 6.21. The highest BCUT2D eigenvalue weighted by atomic mass is 15.3. The number of nitrogens with zero attached hydrogens (tertiary/aromatic N) is 3. The van der Waals surface area contributed by atoms with Gasteiger partial charge < -0.3 is 9.47 Å². The first-order valence-corrected chi connectivity index (χ1v) is 9.42. The Balaban J connectivity index is 1.79. The Hall–Kier alpha value is -2.36. The van der Waals surface area contributed by atoms with E-state index >= 15 is 0 Å². The highest BCUT2D eigenvalue weighted by Crippen LogP contribution is 2.39. The van der Waals surface area contributed by atoms with Gasteiger partial charge in [-0.2, -0.15) is 0 Å². The van der Waals surface area contributed by atoms with Gasteiger partial charge in [-0.05, 0) is 49.5 Å². The van der Waals surface area contributed by atoms with Crippen molar-refractivity contribution in [2.45, 2.75) is 20.1 Å². The third-order valence-corrected chi connectivity index (χ3v) is 5.67. The number of aromatic nitrogens is 1. The van der Waals surface area contributed by atoms with Crippen LogP contribution in [0.15, 0.2) is 48.5 Å². The first kappa shape index (κ1) is 15.9. The fraction of sp³-hybridized carbons (Fsp3) is 0.304. The van der Waals surface area contributed by atoms with Gasteiger partial charge in [0.25, 0.3) is 0 Å². The second kappa shape index (κ2) is 5.83. The highest BCUT2D eigenvalue weighted by Gasteiger charge is 2.23. The molecule has 0 N–H and O–H groups in total. The molecule has 0 saturated heterocycles. The second-order valence-electron chi connectivity index (χ2n) is 7.93. The molecule has 0 fully saturated rings. The summed E-state index contributed by atoms with van der Waals surface area (Å²) in [7, 11) is 4.30. The zero-order valence-electron chi connectivity index (χ0n) is 15.8. The molecule has 3 aromatic carbocycles. The van der Waals surface area contributed by atoms with E-state index in [0.717, 1.165) is 26.3 Å². The zero-order chi connectivity index (χ0) is 17.8. The largest absolute Gasteiger partial charge is 0.326 e. The van der Waals surface area contributed by atoms with E-state index in [4.69, 9.17) is 0 Å². The summed E-state index contributed by atoms with van der Waals surface area (Å²) < 4.78 is 2.53. The number of hydrogen-bond acceptors (Lipinski definition) is 2. The molecule has 3 heteroatoms. The van der Waals surface area contributed by atoms with Gasteiger partial charge in [0.1, 0.15) is 0 Å². The number of fused-ring (bicyclic) bond motifs is 5. The van der Waals surface area contributed by atoms with Gasteiger partial charge in [-0.25, -0.2) is 0 Å². The van der Waals surface area contributed by atoms with Gasteiger partial charge in [0, 0.05) is 30.4 Å². The molecular formula is C23H25N3. The third-order valence-electron chi connectivity index (χ3n) is 5.67. The van der Waals surface area contributed by atoms with Crippen LogP contribution in [0, 0.1) is 6.92 Å². The Morgan fingerprint density at radius 1 is 1.00 bits per heavy atom. The fourth-order valence-electron chi connectivity index (χ4n) is 4.50. The summed E-state index contributed by atoms with van der Waals surface area (Å²) in [6, 6.07) is 18.1. The molecule has 5 rings (SSSR count). The maximum Gasteiger partial charge on any atom is 0.0760 e. The van der Waals surface area contributed by atoms with Crippen molar-refractivity contribution in [1.82, 2.24) is 14.4 Å². The molecule has 132 valence electrons. The van der Waals surface area contributed by atoms with Gasteiger partial charge in [-0.3, -0.25) is 4.90 Å². The van der Waals surface area contributed by atoms with Crippen LogP contribution in [0.5, 0.6) is 0 Å². The third kappa shape index (κ3) is 2.35. The minimum absolute atomic E-state index is 0.974. The van der Waals surface area contributed by atoms with Crippen LogP contribution in [0.3, 0.4) is 0 Å². The zero-order valence-corrected chi connectivity index (χ0v) is 15.8. The van der Waals surface area contributed by atoms with Crippen molar-refractivity contribution in [2.75, 3.05) is 27.2 Å². The number of benzene rings is 3. The lowest BCUT2D eigenvalue weighted by Gasteiger charge is -2.30. The van der Waals surface area contributed by atoms with Crippen molar-refractivity contribution >= 4 is 32.6 Å². The van der Waals surface area contributed by atoms with Crippen molar-refractivity contribution in [1.29, 1.82) is 0 Å². The summed E-state index contributed by atoms with van der Waals surface area (Å²) in [4.78, 5) is 4.83. The molecule has 0 saturated carbocycles. The Morgan fingerprint density at radius 3 is 2.69 bits per heavy atom. The van der Waals surface area contributed by atoms with Gasteiger partial charge in [0.15, 0.2) is 0 Å². The van der Waals surface area contributed by atoms with E-state index in [9.17, 15) is 0 Å². The minimum atomic E-state index is 0.974. The van der Waals surface area contributed by atoms with E-state index in [2.05, 4.69) is 83.9 Å². The summed E-state index contributed by atoms with van der Waals surface area (Å²) in [5, 5.41) is 5.52. The van der Waals surface area contributed by atoms with E-state index in [-0.39, 0.29) is 0 Å². The van der Waals surface area contributed by atoms with E-state index < -0.39 is 0 Å². The van der Waals surface area contributed by atoms with Crippen LogP contribution >= 0.6 is 0 Å². The smallest absolute Gasteiger partial charge is 0.0760 e. The van der Waals surface area contributed by atoms with Crippen LogP contribution in [0.25, 0.3) is 32.6 Å². The van der Waals surface area contributed by atoms with E-state index in [0.29, 0.717) is 0 Å². The Bertz CT molecular complexity index is 1140. The van der Waals surface area contributed by atoms with Crippen LogP contribution in [0.2, 0.25) is 0 Å². The van der Waals surface area contributed by atoms with Crippen LogP contribution in [0.1, 0.15) is 11.1 Å². The predicted molar refractivity (Wildman–Crippen MR) is 111 cm³/mol. The van der Waals surface area contributed by atoms with E-state index in [1.54, 1.807) is 0 Å². The van der Waals surface area contributed by atoms with E-state index in [1.807, 2.05) is 0 Å². The standard InChI is InChI=1S/C23H25N3/c1-16-12-18-14-25(11-10-24(2)3)15-26-21-9-8-17-6-4-5-7-19(17)22(21)20(13-16)23(18)26/h4-9,12-13H,10-11,14-15H2,1-3H3. The summed E-state index contributed by atoms with van der Waals surface area (Å²) in [6.45, 7) is 6.42. The average Bonchev–Trinajstić information content (AvgIpc) is 2.95. The molecule has 1 aromatic heterocycles. The molecule has 1 aliphatic rings. The number of rotatable bonds is 3. The Morgan fingerprint density at radius 2 is 1.85 bits per heavy atom. The van der Waals surface area contributed by atoms with Crippen molar-refractivity contribution in [3.8, 4) is 0 Å². The fourth-order valence-corrected chi connectivity index (χ4v) is 4.50. The lowest BCUT2D eigenvalue weighted by Crippen LogP contribution is -2.35. The SMILES string of the molecule is Cc1cc2c3c(c1)c1c4ccccc4ccc1n3CN(CCN(C)C)C2. The number of hydrogen-bond donors (Lipinski definition) is 0. The topological polar surface area (TPSA) is 11.4 Å². The van der Waals surface area contributed by atoms with Crippen LogP contribution in [0.4, 0.5) is 0 Å². The lowest BCUT2D eigenvalue weighted by molar-refractivity contribution is 0.186. The van der Waals surface area contributed by atoms with Crippen LogP contribution < -0.4 is 0 Å². The number of likely N-dealkylation sites (N-methyl/N-ethyl adjacent to an activating group) is 1. The van der Waals surface area contributed by atoms with Gasteiger partial charge in [-0.15, -0.1) is 0 Å². The van der Waals surface area contributed by atoms with Crippen LogP contribution in [-0.2, 0) is 13.2 Å². The molecule has 0 unspecified atom stereocenters. The Labute approximate surface area is 154 Å². The van der Waals surface area contributed by atoms with Gasteiger partial charge in [0.2, 0.25) is 0 Å². The first-order chi connectivity index (χ1) is 12.6. The molecule has 0 bridgehead atoms. The molecule has 0 spiro atoms. The second-order valence-corrected chi connectivity index (χ2v) is 7.93. The normalized spacial score (nSPS) is 14.9. The van der Waals surface area contributed by atoms with Gasteiger partial charge >= 0.3 is 0 Å². The van der Waals surface area contributed by atoms with Crippen LogP contribution in [-0.4, -0.2) is 41.6 Å². The Kier molecular flexibility index (Phi) is 3.56. The van der Waals surface area contributed by atoms with Crippen molar-refractivity contribution in [3.05, 3.63) is 59.7 Å². The van der Waals surface area contributed by atoms with Crippen molar-refractivity contribution < 1.29 is 0 Å². The summed E-state index contributed by atoms with van der Waals surface area (Å²) in [5.74, 6) is 0.